The third-order valence-corrected chi connectivity index (χ3v) is 2.37. The summed E-state index contributed by atoms with van der Waals surface area (Å²) in [7, 11) is 5.22. The van der Waals surface area contributed by atoms with E-state index in [1.807, 2.05) is 14.0 Å². The third-order valence-electron chi connectivity index (χ3n) is 2.37. The van der Waals surface area contributed by atoms with E-state index >= 15 is 0 Å². The summed E-state index contributed by atoms with van der Waals surface area (Å²) in [5.41, 5.74) is 7.30. The Bertz CT molecular complexity index is 398. The zero-order chi connectivity index (χ0) is 13.0. The highest BCUT2D eigenvalue weighted by atomic mass is 16.2. The molecule has 7 nitrogen and oxygen atoms in total. The molecule has 0 aliphatic rings. The average Bonchev–Trinajstić information content (AvgIpc) is 2.49. The molecule has 2 amide bonds. The number of rotatable bonds is 4. The van der Waals surface area contributed by atoms with Gasteiger partial charge in [0.15, 0.2) is 0 Å². The van der Waals surface area contributed by atoms with Crippen molar-refractivity contribution in [2.24, 2.45) is 7.05 Å². The lowest BCUT2D eigenvalue weighted by molar-refractivity contribution is 0.218. The minimum absolute atomic E-state index is 0.110. The summed E-state index contributed by atoms with van der Waals surface area (Å²) in [6.07, 6.45) is 0. The van der Waals surface area contributed by atoms with Crippen LogP contribution in [0, 0.1) is 6.92 Å². The molecule has 0 fully saturated rings. The Morgan fingerprint density at radius 1 is 1.47 bits per heavy atom. The molecule has 1 aromatic heterocycles. The van der Waals surface area contributed by atoms with Crippen molar-refractivity contribution in [1.29, 1.82) is 0 Å². The van der Waals surface area contributed by atoms with Crippen LogP contribution in [0.3, 0.4) is 0 Å². The number of carbonyl (C=O) groups is 1. The van der Waals surface area contributed by atoms with Crippen LogP contribution in [0.25, 0.3) is 0 Å². The SMILES string of the molecule is Cc1nn(C)c(NCCNC(=O)N(C)C)c1N. The molecule has 0 saturated carbocycles. The second-order valence-electron chi connectivity index (χ2n) is 4.02. The molecular formula is C10H20N6O. The van der Waals surface area contributed by atoms with E-state index in [9.17, 15) is 4.79 Å². The molecule has 0 aromatic carbocycles. The highest BCUT2D eigenvalue weighted by Crippen LogP contribution is 2.20. The van der Waals surface area contributed by atoms with Crippen LogP contribution in [0.5, 0.6) is 0 Å². The Labute approximate surface area is 101 Å². The molecule has 1 aromatic rings. The Hall–Kier alpha value is -1.92. The zero-order valence-corrected chi connectivity index (χ0v) is 10.7. The molecule has 96 valence electrons. The maximum absolute atomic E-state index is 11.2. The second kappa shape index (κ2) is 5.42. The number of nitrogen functional groups attached to an aromatic ring is 1. The summed E-state index contributed by atoms with van der Waals surface area (Å²) in [4.78, 5) is 12.7. The van der Waals surface area contributed by atoms with Gasteiger partial charge < -0.3 is 21.3 Å². The summed E-state index contributed by atoms with van der Waals surface area (Å²) in [5, 5.41) is 10.1. The van der Waals surface area contributed by atoms with Crippen LogP contribution in [0.15, 0.2) is 0 Å². The van der Waals surface area contributed by atoms with E-state index in [-0.39, 0.29) is 6.03 Å². The van der Waals surface area contributed by atoms with Crippen LogP contribution >= 0.6 is 0 Å². The van der Waals surface area contributed by atoms with E-state index in [0.717, 1.165) is 11.5 Å². The number of hydrogen-bond donors (Lipinski definition) is 3. The Kier molecular flexibility index (Phi) is 4.19. The lowest BCUT2D eigenvalue weighted by Crippen LogP contribution is -2.37. The first-order chi connectivity index (χ1) is 7.93. The fourth-order valence-electron chi connectivity index (χ4n) is 1.39. The molecule has 1 rings (SSSR count). The lowest BCUT2D eigenvalue weighted by Gasteiger charge is -2.12. The highest BCUT2D eigenvalue weighted by molar-refractivity contribution is 5.73. The van der Waals surface area contributed by atoms with Gasteiger partial charge >= 0.3 is 6.03 Å². The Balaban J connectivity index is 2.39. The zero-order valence-electron chi connectivity index (χ0n) is 10.7. The molecule has 0 unspecified atom stereocenters. The van der Waals surface area contributed by atoms with Crippen molar-refractivity contribution in [2.45, 2.75) is 6.92 Å². The fourth-order valence-corrected chi connectivity index (χ4v) is 1.39. The molecule has 0 atom stereocenters. The molecule has 7 heteroatoms. The minimum Gasteiger partial charge on any atom is -0.394 e. The molecular weight excluding hydrogens is 220 g/mol. The van der Waals surface area contributed by atoms with Gasteiger partial charge in [-0.3, -0.25) is 4.68 Å². The van der Waals surface area contributed by atoms with E-state index in [0.29, 0.717) is 18.8 Å². The number of urea groups is 1. The Morgan fingerprint density at radius 3 is 2.59 bits per heavy atom. The van der Waals surface area contributed by atoms with E-state index < -0.39 is 0 Å². The summed E-state index contributed by atoms with van der Waals surface area (Å²) in [5.74, 6) is 0.779. The molecule has 4 N–H and O–H groups in total. The van der Waals surface area contributed by atoms with Crippen molar-refractivity contribution in [3.63, 3.8) is 0 Å². The first-order valence-electron chi connectivity index (χ1n) is 5.41. The van der Waals surface area contributed by atoms with E-state index in [1.165, 1.54) is 4.90 Å². The van der Waals surface area contributed by atoms with Crippen LogP contribution in [0.4, 0.5) is 16.3 Å². The van der Waals surface area contributed by atoms with Gasteiger partial charge in [-0.25, -0.2) is 4.79 Å². The van der Waals surface area contributed by atoms with Crippen molar-refractivity contribution in [3.8, 4) is 0 Å². The first kappa shape index (κ1) is 13.1. The van der Waals surface area contributed by atoms with Crippen molar-refractivity contribution in [1.82, 2.24) is 20.0 Å². The number of nitrogens with zero attached hydrogens (tertiary/aromatic N) is 3. The van der Waals surface area contributed by atoms with Gasteiger partial charge in [0.25, 0.3) is 0 Å². The minimum atomic E-state index is -0.110. The lowest BCUT2D eigenvalue weighted by atomic mass is 10.4. The second-order valence-corrected chi connectivity index (χ2v) is 4.02. The van der Waals surface area contributed by atoms with E-state index in [2.05, 4.69) is 15.7 Å². The van der Waals surface area contributed by atoms with Gasteiger partial charge in [0, 0.05) is 34.2 Å². The molecule has 0 spiro atoms. The van der Waals surface area contributed by atoms with Crippen LogP contribution in [-0.2, 0) is 7.05 Å². The van der Waals surface area contributed by atoms with Gasteiger partial charge in [0.1, 0.15) is 5.82 Å². The topological polar surface area (TPSA) is 88.2 Å². The van der Waals surface area contributed by atoms with Gasteiger partial charge in [0.2, 0.25) is 0 Å². The van der Waals surface area contributed by atoms with Crippen LogP contribution in [0.1, 0.15) is 5.69 Å². The molecule has 0 aliphatic heterocycles. The fraction of sp³-hybridized carbons (Fsp3) is 0.600. The first-order valence-corrected chi connectivity index (χ1v) is 5.41. The maximum Gasteiger partial charge on any atom is 0.316 e. The molecule has 1 heterocycles. The predicted molar refractivity (Wildman–Crippen MR) is 67.9 cm³/mol. The number of nitrogens with two attached hydrogens (primary N) is 1. The number of aromatic nitrogens is 2. The van der Waals surface area contributed by atoms with Gasteiger partial charge in [-0.1, -0.05) is 0 Å². The summed E-state index contributed by atoms with van der Waals surface area (Å²) in [6.45, 7) is 2.98. The summed E-state index contributed by atoms with van der Waals surface area (Å²) in [6, 6.07) is -0.110. The largest absolute Gasteiger partial charge is 0.394 e. The van der Waals surface area contributed by atoms with Crippen LogP contribution in [-0.4, -0.2) is 47.9 Å². The standard InChI is InChI=1S/C10H20N6O/c1-7-8(11)9(16(4)14-7)12-5-6-13-10(17)15(2)3/h12H,5-6,11H2,1-4H3,(H,13,17). The van der Waals surface area contributed by atoms with Gasteiger partial charge in [-0.05, 0) is 6.92 Å². The summed E-state index contributed by atoms with van der Waals surface area (Å²) >= 11 is 0. The monoisotopic (exact) mass is 240 g/mol. The molecule has 0 radical (unpaired) electrons. The third kappa shape index (κ3) is 3.27. The predicted octanol–water partition coefficient (Wildman–Crippen LogP) is -0.00618. The van der Waals surface area contributed by atoms with Gasteiger partial charge in [0.05, 0.1) is 11.4 Å². The average molecular weight is 240 g/mol. The number of anilines is 2. The van der Waals surface area contributed by atoms with Crippen molar-refractivity contribution >= 4 is 17.5 Å². The number of aryl methyl sites for hydroxylation is 2. The normalized spacial score (nSPS) is 10.1. The number of nitrogens with one attached hydrogen (secondary N) is 2. The highest BCUT2D eigenvalue weighted by Gasteiger charge is 2.09. The molecule has 0 aliphatic carbocycles. The van der Waals surface area contributed by atoms with Gasteiger partial charge in [-0.15, -0.1) is 0 Å². The van der Waals surface area contributed by atoms with E-state index in [1.54, 1.807) is 18.8 Å². The van der Waals surface area contributed by atoms with Crippen LogP contribution < -0.4 is 16.4 Å². The van der Waals surface area contributed by atoms with Crippen molar-refractivity contribution in [2.75, 3.05) is 38.2 Å². The molecule has 0 bridgehead atoms. The van der Waals surface area contributed by atoms with Crippen molar-refractivity contribution in [3.05, 3.63) is 5.69 Å². The summed E-state index contributed by atoms with van der Waals surface area (Å²) < 4.78 is 1.69. The number of hydrogen-bond acceptors (Lipinski definition) is 4. The van der Waals surface area contributed by atoms with Crippen LogP contribution in [0.2, 0.25) is 0 Å². The number of amides is 2. The molecule has 17 heavy (non-hydrogen) atoms. The number of carbonyl (C=O) groups excluding carboxylic acids is 1. The maximum atomic E-state index is 11.2. The van der Waals surface area contributed by atoms with E-state index in [4.69, 9.17) is 5.73 Å². The molecule has 0 saturated heterocycles. The quantitative estimate of drug-likeness (QED) is 0.646. The van der Waals surface area contributed by atoms with Gasteiger partial charge in [-0.2, -0.15) is 5.10 Å². The van der Waals surface area contributed by atoms with Crippen molar-refractivity contribution < 1.29 is 4.79 Å². The smallest absolute Gasteiger partial charge is 0.316 e. The Morgan fingerprint density at radius 2 is 2.12 bits per heavy atom.